The lowest BCUT2D eigenvalue weighted by molar-refractivity contribution is -0.116. The maximum absolute atomic E-state index is 12.7. The molecule has 4 rings (SSSR count). The van der Waals surface area contributed by atoms with Crippen LogP contribution in [0.4, 0.5) is 10.8 Å². The number of nitrogens with zero attached hydrogens (tertiary/aromatic N) is 4. The van der Waals surface area contributed by atoms with Crippen molar-refractivity contribution in [3.63, 3.8) is 0 Å². The van der Waals surface area contributed by atoms with Gasteiger partial charge >= 0.3 is 0 Å². The minimum absolute atomic E-state index is 0.0401. The van der Waals surface area contributed by atoms with Crippen LogP contribution in [0, 0.1) is 0 Å². The number of fused-ring (bicyclic) bond motifs is 1. The quantitative estimate of drug-likeness (QED) is 0.664. The van der Waals surface area contributed by atoms with Crippen LogP contribution in [0.2, 0.25) is 0 Å². The standard InChI is InChI=1S/C19H19N5O3S/c1-12(25)13-4-6-14(7-5-13)21-15(26)10-24-11-20-17-16(18(24)27)28-19(22-17)23-8-2-3-9-23/h4-7,11H,2-3,8-10H2,1H3,(H,21,26). The van der Waals surface area contributed by atoms with Gasteiger partial charge in [0.2, 0.25) is 5.91 Å². The highest BCUT2D eigenvalue weighted by molar-refractivity contribution is 7.22. The van der Waals surface area contributed by atoms with E-state index in [0.29, 0.717) is 21.6 Å². The molecule has 1 aliphatic heterocycles. The lowest BCUT2D eigenvalue weighted by Gasteiger charge is -2.11. The molecule has 1 saturated heterocycles. The van der Waals surface area contributed by atoms with Crippen molar-refractivity contribution >= 4 is 44.2 Å². The summed E-state index contributed by atoms with van der Waals surface area (Å²) >= 11 is 1.33. The first kappa shape index (κ1) is 18.3. The number of Topliss-reactive ketones (excluding diaryl/α,β-unsaturated/α-hetero) is 1. The highest BCUT2D eigenvalue weighted by atomic mass is 32.1. The summed E-state index contributed by atoms with van der Waals surface area (Å²) in [6, 6.07) is 6.61. The zero-order valence-corrected chi connectivity index (χ0v) is 16.2. The molecule has 0 bridgehead atoms. The first-order valence-electron chi connectivity index (χ1n) is 9.03. The highest BCUT2D eigenvalue weighted by Crippen LogP contribution is 2.27. The third-order valence-electron chi connectivity index (χ3n) is 4.64. The fourth-order valence-electron chi connectivity index (χ4n) is 3.13. The van der Waals surface area contributed by atoms with Gasteiger partial charge in [-0.05, 0) is 44.0 Å². The molecule has 144 valence electrons. The van der Waals surface area contributed by atoms with Crippen LogP contribution in [0.5, 0.6) is 0 Å². The number of nitrogens with one attached hydrogen (secondary N) is 1. The number of hydrogen-bond donors (Lipinski definition) is 1. The summed E-state index contributed by atoms with van der Waals surface area (Å²) in [5.41, 5.74) is 1.29. The number of ketones is 1. The topological polar surface area (TPSA) is 97.2 Å². The summed E-state index contributed by atoms with van der Waals surface area (Å²) in [5, 5.41) is 3.53. The molecular formula is C19H19N5O3S. The normalized spacial score (nSPS) is 13.8. The Morgan fingerprint density at radius 1 is 1.18 bits per heavy atom. The Morgan fingerprint density at radius 3 is 2.57 bits per heavy atom. The van der Waals surface area contributed by atoms with E-state index >= 15 is 0 Å². The molecule has 0 spiro atoms. The van der Waals surface area contributed by atoms with Gasteiger partial charge in [-0.2, -0.15) is 4.98 Å². The zero-order chi connectivity index (χ0) is 19.7. The van der Waals surface area contributed by atoms with Crippen LogP contribution in [0.1, 0.15) is 30.1 Å². The van der Waals surface area contributed by atoms with E-state index in [4.69, 9.17) is 0 Å². The van der Waals surface area contributed by atoms with Crippen molar-refractivity contribution < 1.29 is 9.59 Å². The molecular weight excluding hydrogens is 378 g/mol. The van der Waals surface area contributed by atoms with Crippen LogP contribution in [0.25, 0.3) is 10.3 Å². The van der Waals surface area contributed by atoms with Crippen molar-refractivity contribution in [1.29, 1.82) is 0 Å². The van der Waals surface area contributed by atoms with E-state index in [1.54, 1.807) is 24.3 Å². The fourth-order valence-corrected chi connectivity index (χ4v) is 4.16. The minimum Gasteiger partial charge on any atom is -0.348 e. The molecule has 8 nitrogen and oxygen atoms in total. The van der Waals surface area contributed by atoms with Crippen molar-refractivity contribution in [3.05, 3.63) is 46.5 Å². The monoisotopic (exact) mass is 397 g/mol. The average molecular weight is 397 g/mol. The molecule has 0 saturated carbocycles. The third-order valence-corrected chi connectivity index (χ3v) is 5.73. The molecule has 2 aromatic heterocycles. The Kier molecular flexibility index (Phi) is 4.91. The maximum Gasteiger partial charge on any atom is 0.273 e. The summed E-state index contributed by atoms with van der Waals surface area (Å²) in [6.45, 7) is 3.22. The Morgan fingerprint density at radius 2 is 1.89 bits per heavy atom. The molecule has 1 fully saturated rings. The van der Waals surface area contributed by atoms with Gasteiger partial charge in [0.25, 0.3) is 5.56 Å². The number of carbonyl (C=O) groups excluding carboxylic acids is 2. The number of aromatic nitrogens is 3. The molecule has 0 radical (unpaired) electrons. The van der Waals surface area contributed by atoms with Gasteiger partial charge in [-0.3, -0.25) is 19.0 Å². The van der Waals surface area contributed by atoms with Gasteiger partial charge in [-0.15, -0.1) is 0 Å². The van der Waals surface area contributed by atoms with Gasteiger partial charge in [-0.25, -0.2) is 4.98 Å². The van der Waals surface area contributed by atoms with E-state index in [9.17, 15) is 14.4 Å². The van der Waals surface area contributed by atoms with Crippen LogP contribution in [-0.4, -0.2) is 39.3 Å². The Hall–Kier alpha value is -3.07. The number of hydrogen-bond acceptors (Lipinski definition) is 7. The third kappa shape index (κ3) is 3.65. The van der Waals surface area contributed by atoms with Gasteiger partial charge in [-0.1, -0.05) is 11.3 Å². The molecule has 1 aromatic carbocycles. The van der Waals surface area contributed by atoms with Crippen molar-refractivity contribution in [2.75, 3.05) is 23.3 Å². The number of rotatable bonds is 5. The summed E-state index contributed by atoms with van der Waals surface area (Å²) in [5.74, 6) is -0.384. The van der Waals surface area contributed by atoms with E-state index in [1.807, 2.05) is 0 Å². The Bertz CT molecular complexity index is 1100. The van der Waals surface area contributed by atoms with Gasteiger partial charge in [0.1, 0.15) is 17.6 Å². The summed E-state index contributed by atoms with van der Waals surface area (Å²) in [6.07, 6.45) is 3.61. The molecule has 0 unspecified atom stereocenters. The fraction of sp³-hybridized carbons (Fsp3) is 0.316. The Balaban J connectivity index is 1.50. The number of thiazole rings is 1. The molecule has 0 atom stereocenters. The molecule has 1 amide bonds. The van der Waals surface area contributed by atoms with Gasteiger partial charge in [0, 0.05) is 24.3 Å². The second-order valence-corrected chi connectivity index (χ2v) is 7.68. The molecule has 3 aromatic rings. The van der Waals surface area contributed by atoms with Crippen LogP contribution in [0.15, 0.2) is 35.4 Å². The predicted octanol–water partition coefficient (Wildman–Crippen LogP) is 2.29. The number of amides is 1. The predicted molar refractivity (Wildman–Crippen MR) is 108 cm³/mol. The van der Waals surface area contributed by atoms with E-state index in [0.717, 1.165) is 31.1 Å². The minimum atomic E-state index is -0.344. The molecule has 28 heavy (non-hydrogen) atoms. The second kappa shape index (κ2) is 7.51. The summed E-state index contributed by atoms with van der Waals surface area (Å²) < 4.78 is 1.75. The second-order valence-electron chi connectivity index (χ2n) is 6.70. The molecule has 0 aliphatic carbocycles. The van der Waals surface area contributed by atoms with Crippen LogP contribution in [0.3, 0.4) is 0 Å². The number of benzene rings is 1. The number of anilines is 2. The summed E-state index contributed by atoms with van der Waals surface area (Å²) in [4.78, 5) is 47.2. The van der Waals surface area contributed by atoms with Crippen molar-refractivity contribution in [2.24, 2.45) is 0 Å². The largest absolute Gasteiger partial charge is 0.348 e. The molecule has 1 N–H and O–H groups in total. The van der Waals surface area contributed by atoms with Gasteiger partial charge in [0.15, 0.2) is 16.6 Å². The lowest BCUT2D eigenvalue weighted by Crippen LogP contribution is -2.27. The molecule has 9 heteroatoms. The van der Waals surface area contributed by atoms with E-state index in [1.165, 1.54) is 29.2 Å². The van der Waals surface area contributed by atoms with Crippen molar-refractivity contribution in [2.45, 2.75) is 26.3 Å². The van der Waals surface area contributed by atoms with Crippen LogP contribution >= 0.6 is 11.3 Å². The SMILES string of the molecule is CC(=O)c1ccc(NC(=O)Cn2cnc3nc(N4CCCC4)sc3c2=O)cc1. The Labute approximate surface area is 164 Å². The maximum atomic E-state index is 12.7. The van der Waals surface area contributed by atoms with E-state index < -0.39 is 0 Å². The molecule has 3 heterocycles. The van der Waals surface area contributed by atoms with Crippen LogP contribution in [-0.2, 0) is 11.3 Å². The van der Waals surface area contributed by atoms with Crippen LogP contribution < -0.4 is 15.8 Å². The first-order valence-corrected chi connectivity index (χ1v) is 9.85. The van der Waals surface area contributed by atoms with Gasteiger partial charge < -0.3 is 10.2 Å². The van der Waals surface area contributed by atoms with Crippen molar-refractivity contribution in [3.8, 4) is 0 Å². The van der Waals surface area contributed by atoms with E-state index in [2.05, 4.69) is 20.2 Å². The smallest absolute Gasteiger partial charge is 0.273 e. The first-order chi connectivity index (χ1) is 13.5. The number of carbonyl (C=O) groups is 2. The van der Waals surface area contributed by atoms with Gasteiger partial charge in [0.05, 0.1) is 0 Å². The zero-order valence-electron chi connectivity index (χ0n) is 15.3. The summed E-state index contributed by atoms with van der Waals surface area (Å²) in [7, 11) is 0. The highest BCUT2D eigenvalue weighted by Gasteiger charge is 2.19. The van der Waals surface area contributed by atoms with E-state index in [-0.39, 0.29) is 23.8 Å². The lowest BCUT2D eigenvalue weighted by atomic mass is 10.1. The molecule has 1 aliphatic rings. The van der Waals surface area contributed by atoms with Crippen molar-refractivity contribution in [1.82, 2.24) is 14.5 Å². The average Bonchev–Trinajstić information content (AvgIpc) is 3.34.